The van der Waals surface area contributed by atoms with E-state index in [1.807, 2.05) is 0 Å². The number of hydrogen-bond acceptors (Lipinski definition) is 2. The van der Waals surface area contributed by atoms with Crippen molar-refractivity contribution in [3.05, 3.63) is 11.8 Å². The average molecular weight is 190 g/mol. The molecule has 74 valence electrons. The number of aromatic nitrogens is 2. The van der Waals surface area contributed by atoms with Crippen LogP contribution >= 0.6 is 0 Å². The average Bonchev–Trinajstić information content (AvgIpc) is 2.28. The van der Waals surface area contributed by atoms with E-state index in [4.69, 9.17) is 0 Å². The van der Waals surface area contributed by atoms with Crippen LogP contribution in [-0.4, -0.2) is 16.9 Å². The SMILES string of the molecule is COc1nn(C(C)(C)C)c(F)c1F. The first-order valence-electron chi connectivity index (χ1n) is 3.86. The molecule has 0 radical (unpaired) electrons. The van der Waals surface area contributed by atoms with E-state index in [0.29, 0.717) is 0 Å². The second-order valence-electron chi connectivity index (χ2n) is 3.70. The Balaban J connectivity index is 3.25. The molecule has 0 saturated heterocycles. The minimum atomic E-state index is -1.04. The minimum Gasteiger partial charge on any atom is -0.478 e. The second kappa shape index (κ2) is 2.97. The van der Waals surface area contributed by atoms with Crippen LogP contribution in [0.2, 0.25) is 0 Å². The summed E-state index contributed by atoms with van der Waals surface area (Å²) >= 11 is 0. The molecule has 0 bridgehead atoms. The summed E-state index contributed by atoms with van der Waals surface area (Å²) in [7, 11) is 1.25. The molecule has 0 atom stereocenters. The monoisotopic (exact) mass is 190 g/mol. The van der Waals surface area contributed by atoms with Gasteiger partial charge in [-0.2, -0.15) is 8.78 Å². The molecule has 0 saturated carbocycles. The van der Waals surface area contributed by atoms with Crippen LogP contribution in [0.5, 0.6) is 5.88 Å². The lowest BCUT2D eigenvalue weighted by Crippen LogP contribution is -2.25. The van der Waals surface area contributed by atoms with Crippen molar-refractivity contribution < 1.29 is 13.5 Å². The van der Waals surface area contributed by atoms with Crippen molar-refractivity contribution in [3.8, 4) is 5.88 Å². The lowest BCUT2D eigenvalue weighted by molar-refractivity contribution is 0.286. The van der Waals surface area contributed by atoms with Crippen LogP contribution in [0.15, 0.2) is 0 Å². The number of halogens is 2. The quantitative estimate of drug-likeness (QED) is 0.676. The Hall–Kier alpha value is -1.13. The van der Waals surface area contributed by atoms with E-state index in [2.05, 4.69) is 9.84 Å². The van der Waals surface area contributed by atoms with E-state index < -0.39 is 17.3 Å². The van der Waals surface area contributed by atoms with Crippen molar-refractivity contribution in [3.63, 3.8) is 0 Å². The minimum absolute atomic E-state index is 0.313. The van der Waals surface area contributed by atoms with Crippen molar-refractivity contribution >= 4 is 0 Å². The molecule has 0 aromatic carbocycles. The molecular formula is C8H12F2N2O. The summed E-state index contributed by atoms with van der Waals surface area (Å²) in [4.78, 5) is 0. The number of ether oxygens (including phenoxy) is 1. The lowest BCUT2D eigenvalue weighted by Gasteiger charge is -2.18. The van der Waals surface area contributed by atoms with Crippen LogP contribution in [0.25, 0.3) is 0 Å². The summed E-state index contributed by atoms with van der Waals surface area (Å²) in [6.07, 6.45) is 0. The fourth-order valence-electron chi connectivity index (χ4n) is 0.935. The van der Waals surface area contributed by atoms with Gasteiger partial charge in [-0.15, -0.1) is 5.10 Å². The standard InChI is InChI=1S/C8H12F2N2O/c1-8(2,3)12-6(10)5(9)7(11-12)13-4/h1-4H3. The molecule has 0 unspecified atom stereocenters. The highest BCUT2D eigenvalue weighted by atomic mass is 19.2. The molecule has 13 heavy (non-hydrogen) atoms. The highest BCUT2D eigenvalue weighted by Gasteiger charge is 2.25. The Morgan fingerprint density at radius 2 is 1.85 bits per heavy atom. The van der Waals surface area contributed by atoms with E-state index in [-0.39, 0.29) is 5.88 Å². The van der Waals surface area contributed by atoms with Gasteiger partial charge in [0.2, 0.25) is 5.82 Å². The molecule has 0 aliphatic carbocycles. The van der Waals surface area contributed by atoms with Crippen molar-refractivity contribution in [1.29, 1.82) is 0 Å². The normalized spacial score (nSPS) is 11.8. The smallest absolute Gasteiger partial charge is 0.272 e. The van der Waals surface area contributed by atoms with Crippen molar-refractivity contribution in [2.24, 2.45) is 0 Å². The van der Waals surface area contributed by atoms with E-state index in [1.54, 1.807) is 20.8 Å². The molecule has 0 aliphatic rings. The first-order valence-corrected chi connectivity index (χ1v) is 3.86. The third kappa shape index (κ3) is 1.64. The first-order chi connectivity index (χ1) is 5.88. The summed E-state index contributed by atoms with van der Waals surface area (Å²) in [6, 6.07) is 0. The Labute approximate surface area is 75.3 Å². The van der Waals surface area contributed by atoms with Crippen LogP contribution in [-0.2, 0) is 5.54 Å². The van der Waals surface area contributed by atoms with Gasteiger partial charge in [-0.25, -0.2) is 4.68 Å². The van der Waals surface area contributed by atoms with Crippen molar-refractivity contribution in [2.45, 2.75) is 26.3 Å². The van der Waals surface area contributed by atoms with Crippen molar-refractivity contribution in [1.82, 2.24) is 9.78 Å². The molecule has 1 rings (SSSR count). The van der Waals surface area contributed by atoms with Gasteiger partial charge in [-0.3, -0.25) is 0 Å². The van der Waals surface area contributed by atoms with Crippen LogP contribution in [0.1, 0.15) is 20.8 Å². The van der Waals surface area contributed by atoms with Gasteiger partial charge in [-0.1, -0.05) is 0 Å². The van der Waals surface area contributed by atoms with E-state index in [9.17, 15) is 8.78 Å². The van der Waals surface area contributed by atoms with E-state index >= 15 is 0 Å². The molecule has 0 amide bonds. The highest BCUT2D eigenvalue weighted by molar-refractivity contribution is 5.12. The second-order valence-corrected chi connectivity index (χ2v) is 3.70. The Morgan fingerprint density at radius 3 is 2.08 bits per heavy atom. The Morgan fingerprint density at radius 1 is 1.31 bits per heavy atom. The van der Waals surface area contributed by atoms with E-state index in [0.717, 1.165) is 4.68 Å². The zero-order chi connectivity index (χ0) is 10.2. The number of methoxy groups -OCH3 is 1. The maximum Gasteiger partial charge on any atom is 0.272 e. The summed E-state index contributed by atoms with van der Waals surface area (Å²) in [5, 5.41) is 3.64. The fourth-order valence-corrected chi connectivity index (χ4v) is 0.935. The van der Waals surface area contributed by atoms with Gasteiger partial charge >= 0.3 is 0 Å². The van der Waals surface area contributed by atoms with Gasteiger partial charge in [0.15, 0.2) is 0 Å². The number of hydrogen-bond donors (Lipinski definition) is 0. The maximum atomic E-state index is 13.2. The third-order valence-electron chi connectivity index (χ3n) is 1.57. The molecule has 0 aliphatic heterocycles. The largest absolute Gasteiger partial charge is 0.478 e. The summed E-state index contributed by atoms with van der Waals surface area (Å²) < 4.78 is 31.6. The molecule has 3 nitrogen and oxygen atoms in total. The van der Waals surface area contributed by atoms with Crippen LogP contribution in [0.3, 0.4) is 0 Å². The number of rotatable bonds is 1. The molecule has 0 N–H and O–H groups in total. The van der Waals surface area contributed by atoms with Crippen LogP contribution in [0, 0.1) is 11.8 Å². The van der Waals surface area contributed by atoms with Gasteiger partial charge in [0.1, 0.15) is 0 Å². The molecule has 0 fully saturated rings. The summed E-state index contributed by atoms with van der Waals surface area (Å²) in [6.45, 7) is 5.17. The van der Waals surface area contributed by atoms with Gasteiger partial charge < -0.3 is 4.74 Å². The molecular weight excluding hydrogens is 178 g/mol. The Bertz CT molecular complexity index is 315. The molecule has 5 heteroatoms. The lowest BCUT2D eigenvalue weighted by atomic mass is 10.1. The van der Waals surface area contributed by atoms with Gasteiger partial charge in [0.25, 0.3) is 11.8 Å². The molecule has 1 aromatic rings. The Kier molecular flexibility index (Phi) is 2.28. The zero-order valence-corrected chi connectivity index (χ0v) is 8.06. The first kappa shape index (κ1) is 9.95. The molecule has 1 aromatic heterocycles. The topological polar surface area (TPSA) is 27.1 Å². The predicted molar refractivity (Wildman–Crippen MR) is 43.7 cm³/mol. The highest BCUT2D eigenvalue weighted by Crippen LogP contribution is 2.23. The van der Waals surface area contributed by atoms with Gasteiger partial charge in [0.05, 0.1) is 12.6 Å². The zero-order valence-electron chi connectivity index (χ0n) is 8.06. The van der Waals surface area contributed by atoms with Gasteiger partial charge in [-0.05, 0) is 20.8 Å². The molecule has 0 spiro atoms. The van der Waals surface area contributed by atoms with Crippen molar-refractivity contribution in [2.75, 3.05) is 7.11 Å². The fraction of sp³-hybridized carbons (Fsp3) is 0.625. The van der Waals surface area contributed by atoms with Gasteiger partial charge in [0, 0.05) is 0 Å². The van der Waals surface area contributed by atoms with Crippen LogP contribution < -0.4 is 4.74 Å². The third-order valence-corrected chi connectivity index (χ3v) is 1.57. The molecule has 1 heterocycles. The maximum absolute atomic E-state index is 13.2. The summed E-state index contributed by atoms with van der Waals surface area (Å²) in [5.41, 5.74) is -0.596. The predicted octanol–water partition coefficient (Wildman–Crippen LogP) is 1.92. The number of nitrogens with zero attached hydrogens (tertiary/aromatic N) is 2. The van der Waals surface area contributed by atoms with Crippen LogP contribution in [0.4, 0.5) is 8.78 Å². The van der Waals surface area contributed by atoms with E-state index in [1.165, 1.54) is 7.11 Å². The summed E-state index contributed by atoms with van der Waals surface area (Å²) in [5.74, 6) is -2.35.